The number of ether oxygens (including phenoxy) is 1. The molecule has 3 heterocycles. The van der Waals surface area contributed by atoms with Crippen molar-refractivity contribution in [1.82, 2.24) is 24.5 Å². The fourth-order valence-corrected chi connectivity index (χ4v) is 5.02. The van der Waals surface area contributed by atoms with E-state index in [2.05, 4.69) is 26.0 Å². The van der Waals surface area contributed by atoms with Gasteiger partial charge in [0.15, 0.2) is 5.65 Å². The Balaban J connectivity index is 1.46. The Bertz CT molecular complexity index is 1310. The summed E-state index contributed by atoms with van der Waals surface area (Å²) in [5, 5.41) is 23.8. The standard InChI is InChI=1S/C24H31N7O4/c1-24(35-3)10-9-18(24)28-22(33)14-13-26-31-20(25-2)12-19(29-21(14)31)27-15-6-5-11-30(23(15)34)16-7-4-8-17(16)32/h5-6,11-13,16-18,25,32H,4,7-10H2,1-3H3,(H,27,29)(H,28,33)/t16-,17+,18?,24?/m0/s1. The van der Waals surface area contributed by atoms with Crippen LogP contribution in [0.4, 0.5) is 17.3 Å². The molecule has 5 rings (SSSR count). The highest BCUT2D eigenvalue weighted by Gasteiger charge is 2.44. The van der Waals surface area contributed by atoms with Crippen LogP contribution in [0.5, 0.6) is 0 Å². The van der Waals surface area contributed by atoms with Gasteiger partial charge >= 0.3 is 0 Å². The molecule has 2 saturated carbocycles. The quantitative estimate of drug-likeness (QED) is 0.403. The first kappa shape index (κ1) is 23.3. The molecular weight excluding hydrogens is 450 g/mol. The summed E-state index contributed by atoms with van der Waals surface area (Å²) in [6, 6.07) is 4.85. The van der Waals surface area contributed by atoms with Gasteiger partial charge in [-0.15, -0.1) is 0 Å². The van der Waals surface area contributed by atoms with E-state index in [-0.39, 0.29) is 29.2 Å². The maximum atomic E-state index is 13.2. The molecule has 2 aliphatic carbocycles. The topological polar surface area (TPSA) is 135 Å². The highest BCUT2D eigenvalue weighted by molar-refractivity contribution is 6.00. The van der Waals surface area contributed by atoms with Gasteiger partial charge in [0.05, 0.1) is 30.0 Å². The molecule has 4 atom stereocenters. The first-order valence-electron chi connectivity index (χ1n) is 11.9. The van der Waals surface area contributed by atoms with Crippen LogP contribution < -0.4 is 21.5 Å². The fourth-order valence-electron chi connectivity index (χ4n) is 5.02. The number of hydrogen-bond acceptors (Lipinski definition) is 8. The van der Waals surface area contributed by atoms with E-state index in [4.69, 9.17) is 4.74 Å². The monoisotopic (exact) mass is 481 g/mol. The van der Waals surface area contributed by atoms with E-state index in [0.717, 1.165) is 25.7 Å². The van der Waals surface area contributed by atoms with E-state index >= 15 is 0 Å². The highest BCUT2D eigenvalue weighted by Crippen LogP contribution is 2.35. The summed E-state index contributed by atoms with van der Waals surface area (Å²) >= 11 is 0. The number of amides is 1. The smallest absolute Gasteiger partial charge is 0.274 e. The molecule has 2 fully saturated rings. The van der Waals surface area contributed by atoms with E-state index in [1.165, 1.54) is 6.20 Å². The van der Waals surface area contributed by atoms with Crippen LogP contribution in [0.3, 0.4) is 0 Å². The second-order valence-corrected chi connectivity index (χ2v) is 9.48. The van der Waals surface area contributed by atoms with Gasteiger partial charge in [0, 0.05) is 26.4 Å². The lowest BCUT2D eigenvalue weighted by molar-refractivity contribution is -0.0828. The number of methoxy groups -OCH3 is 1. The number of nitrogens with zero attached hydrogens (tertiary/aromatic N) is 4. The summed E-state index contributed by atoms with van der Waals surface area (Å²) in [7, 11) is 3.40. The van der Waals surface area contributed by atoms with Crippen molar-refractivity contribution < 1.29 is 14.6 Å². The number of aromatic nitrogens is 4. The van der Waals surface area contributed by atoms with Crippen molar-refractivity contribution in [2.45, 2.75) is 62.8 Å². The molecule has 3 aromatic heterocycles. The SMILES string of the molecule is CNc1cc(Nc2cccn([C@H]3CCC[C@H]3O)c2=O)nc2c(C(=O)NC3CCC3(C)OC)cnn12. The minimum absolute atomic E-state index is 0.0891. The van der Waals surface area contributed by atoms with Crippen LogP contribution >= 0.6 is 0 Å². The molecule has 1 amide bonds. The number of pyridine rings is 1. The van der Waals surface area contributed by atoms with Crippen molar-refractivity contribution in [2.75, 3.05) is 24.8 Å². The summed E-state index contributed by atoms with van der Waals surface area (Å²) in [6.07, 6.45) is 6.72. The van der Waals surface area contributed by atoms with Gasteiger partial charge in [-0.25, -0.2) is 4.98 Å². The molecule has 2 unspecified atom stereocenters. The first-order chi connectivity index (χ1) is 16.8. The van der Waals surface area contributed by atoms with Gasteiger partial charge < -0.3 is 30.4 Å². The number of carbonyl (C=O) groups excluding carboxylic acids is 1. The molecule has 3 aromatic rings. The van der Waals surface area contributed by atoms with Gasteiger partial charge in [-0.1, -0.05) is 0 Å². The predicted octanol–water partition coefficient (Wildman–Crippen LogP) is 2.06. The second-order valence-electron chi connectivity index (χ2n) is 9.48. The summed E-state index contributed by atoms with van der Waals surface area (Å²) < 4.78 is 8.69. The Labute approximate surface area is 202 Å². The van der Waals surface area contributed by atoms with Gasteiger partial charge in [-0.3, -0.25) is 9.59 Å². The Morgan fingerprint density at radius 1 is 1.31 bits per heavy atom. The van der Waals surface area contributed by atoms with Crippen LogP contribution in [0.1, 0.15) is 55.4 Å². The first-order valence-corrected chi connectivity index (χ1v) is 11.9. The average molecular weight is 482 g/mol. The predicted molar refractivity (Wildman–Crippen MR) is 131 cm³/mol. The van der Waals surface area contributed by atoms with Crippen molar-refractivity contribution in [3.8, 4) is 0 Å². The summed E-state index contributed by atoms with van der Waals surface area (Å²) in [4.78, 5) is 30.9. The van der Waals surface area contributed by atoms with E-state index in [0.29, 0.717) is 35.0 Å². The molecule has 0 bridgehead atoms. The maximum absolute atomic E-state index is 13.2. The van der Waals surface area contributed by atoms with Gasteiger partial charge in [-0.05, 0) is 51.2 Å². The van der Waals surface area contributed by atoms with Crippen LogP contribution in [0.2, 0.25) is 0 Å². The molecular formula is C24H31N7O4. The number of carbonyl (C=O) groups is 1. The third kappa shape index (κ3) is 4.04. The van der Waals surface area contributed by atoms with Crippen LogP contribution in [0.15, 0.2) is 35.4 Å². The van der Waals surface area contributed by atoms with Gasteiger partial charge in [0.2, 0.25) is 0 Å². The lowest BCUT2D eigenvalue weighted by Crippen LogP contribution is -2.59. The summed E-state index contributed by atoms with van der Waals surface area (Å²) in [5.74, 6) is 0.713. The minimum atomic E-state index is -0.531. The number of nitrogens with one attached hydrogen (secondary N) is 3. The molecule has 11 nitrogen and oxygen atoms in total. The summed E-state index contributed by atoms with van der Waals surface area (Å²) in [5.41, 5.74) is 0.408. The molecule has 4 N–H and O–H groups in total. The van der Waals surface area contributed by atoms with Gasteiger partial charge in [-0.2, -0.15) is 9.61 Å². The zero-order valence-electron chi connectivity index (χ0n) is 20.1. The Kier molecular flexibility index (Phi) is 5.97. The van der Waals surface area contributed by atoms with Crippen LogP contribution in [-0.4, -0.2) is 62.1 Å². The molecule has 0 aliphatic heterocycles. The lowest BCUT2D eigenvalue weighted by Gasteiger charge is -2.45. The number of aliphatic hydroxyl groups excluding tert-OH is 1. The average Bonchev–Trinajstić information content (AvgIpc) is 3.48. The summed E-state index contributed by atoms with van der Waals surface area (Å²) in [6.45, 7) is 1.98. The zero-order chi connectivity index (χ0) is 24.7. The van der Waals surface area contributed by atoms with Crippen molar-refractivity contribution in [2.24, 2.45) is 0 Å². The number of hydrogen-bond donors (Lipinski definition) is 4. The minimum Gasteiger partial charge on any atom is -0.391 e. The van der Waals surface area contributed by atoms with Crippen molar-refractivity contribution >= 4 is 28.9 Å². The highest BCUT2D eigenvalue weighted by atomic mass is 16.5. The molecule has 11 heteroatoms. The van der Waals surface area contributed by atoms with E-state index in [1.807, 2.05) is 6.92 Å². The number of aliphatic hydroxyl groups is 1. The molecule has 2 aliphatic rings. The number of anilines is 3. The largest absolute Gasteiger partial charge is 0.391 e. The fraction of sp³-hybridized carbons (Fsp3) is 0.500. The lowest BCUT2D eigenvalue weighted by atomic mass is 9.76. The molecule has 0 radical (unpaired) electrons. The number of rotatable bonds is 7. The van der Waals surface area contributed by atoms with Gasteiger partial charge in [0.1, 0.15) is 22.9 Å². The maximum Gasteiger partial charge on any atom is 0.274 e. The number of fused-ring (bicyclic) bond motifs is 1. The Hall–Kier alpha value is -3.44. The zero-order valence-corrected chi connectivity index (χ0v) is 20.1. The molecule has 0 aromatic carbocycles. The molecule has 0 saturated heterocycles. The second kappa shape index (κ2) is 8.97. The molecule has 186 valence electrons. The van der Waals surface area contributed by atoms with Crippen LogP contribution in [0.25, 0.3) is 5.65 Å². The van der Waals surface area contributed by atoms with Crippen LogP contribution in [-0.2, 0) is 4.74 Å². The van der Waals surface area contributed by atoms with E-state index in [1.54, 1.807) is 47.6 Å². The van der Waals surface area contributed by atoms with E-state index in [9.17, 15) is 14.7 Å². The Morgan fingerprint density at radius 3 is 2.80 bits per heavy atom. The normalized spacial score (nSPS) is 25.9. The van der Waals surface area contributed by atoms with Crippen LogP contribution in [0, 0.1) is 0 Å². The van der Waals surface area contributed by atoms with E-state index < -0.39 is 6.10 Å². The van der Waals surface area contributed by atoms with Gasteiger partial charge in [0.25, 0.3) is 11.5 Å². The third-order valence-corrected chi connectivity index (χ3v) is 7.45. The van der Waals surface area contributed by atoms with Crippen molar-refractivity contribution in [1.29, 1.82) is 0 Å². The molecule has 0 spiro atoms. The Morgan fingerprint density at radius 2 is 2.14 bits per heavy atom. The van der Waals surface area contributed by atoms with Crippen molar-refractivity contribution in [3.63, 3.8) is 0 Å². The third-order valence-electron chi connectivity index (χ3n) is 7.45. The molecule has 35 heavy (non-hydrogen) atoms. The van der Waals surface area contributed by atoms with Crippen molar-refractivity contribution in [3.05, 3.63) is 46.5 Å².